The summed E-state index contributed by atoms with van der Waals surface area (Å²) >= 11 is 0. The van der Waals surface area contributed by atoms with Gasteiger partial charge in [-0.05, 0) is 31.5 Å². The van der Waals surface area contributed by atoms with Crippen LogP contribution in [0.5, 0.6) is 0 Å². The molecule has 1 unspecified atom stereocenters. The van der Waals surface area contributed by atoms with Gasteiger partial charge in [-0.3, -0.25) is 0 Å². The normalized spacial score (nSPS) is 20.9. The Morgan fingerprint density at radius 3 is 2.61 bits per heavy atom. The summed E-state index contributed by atoms with van der Waals surface area (Å²) in [5.41, 5.74) is -0.106. The number of piperidine rings is 1. The summed E-state index contributed by atoms with van der Waals surface area (Å²) in [5.74, 6) is -1.92. The van der Waals surface area contributed by atoms with Crippen LogP contribution < -0.4 is 5.32 Å². The van der Waals surface area contributed by atoms with E-state index in [2.05, 4.69) is 5.32 Å². The maximum absolute atomic E-state index is 14.2. The Bertz CT molecular complexity index is 551. The van der Waals surface area contributed by atoms with Crippen molar-refractivity contribution in [1.29, 1.82) is 0 Å². The maximum Gasteiger partial charge on any atom is 0.178 e. The van der Waals surface area contributed by atoms with Crippen molar-refractivity contribution in [3.8, 4) is 0 Å². The predicted molar refractivity (Wildman–Crippen MR) is 64.3 cm³/mol. The largest absolute Gasteiger partial charge is 0.316 e. The number of sulfone groups is 1. The molecule has 1 aliphatic heterocycles. The third kappa shape index (κ3) is 2.54. The van der Waals surface area contributed by atoms with Crippen LogP contribution in [0.25, 0.3) is 0 Å². The van der Waals surface area contributed by atoms with E-state index in [1.165, 1.54) is 0 Å². The molecule has 0 saturated carbocycles. The van der Waals surface area contributed by atoms with Crippen LogP contribution in [0.2, 0.25) is 0 Å². The number of benzene rings is 1. The molecular weight excluding hydrogens is 260 g/mol. The number of hydrogen-bond acceptors (Lipinski definition) is 3. The van der Waals surface area contributed by atoms with E-state index in [-0.39, 0.29) is 11.5 Å². The molecule has 0 spiro atoms. The number of halogens is 2. The second-order valence-corrected chi connectivity index (χ2v) is 6.57. The van der Waals surface area contributed by atoms with E-state index in [0.29, 0.717) is 13.0 Å². The molecule has 1 saturated heterocycles. The maximum atomic E-state index is 14.2. The fraction of sp³-hybridized carbons (Fsp3) is 0.500. The fourth-order valence-corrected chi connectivity index (χ4v) is 3.06. The Morgan fingerprint density at radius 1 is 1.33 bits per heavy atom. The Hall–Kier alpha value is -1.01. The molecule has 1 aromatic carbocycles. The number of rotatable bonds is 2. The van der Waals surface area contributed by atoms with Gasteiger partial charge in [0, 0.05) is 24.3 Å². The highest BCUT2D eigenvalue weighted by Gasteiger charge is 2.26. The van der Waals surface area contributed by atoms with Gasteiger partial charge in [0.2, 0.25) is 0 Å². The quantitative estimate of drug-likeness (QED) is 0.838. The molecular formula is C12H15F2NO2S. The molecule has 0 aromatic heterocycles. The molecule has 0 bridgehead atoms. The summed E-state index contributed by atoms with van der Waals surface area (Å²) in [5, 5.41) is 3.06. The lowest BCUT2D eigenvalue weighted by Gasteiger charge is -2.24. The first-order valence-corrected chi connectivity index (χ1v) is 7.69. The third-order valence-electron chi connectivity index (χ3n) is 3.20. The van der Waals surface area contributed by atoms with Crippen molar-refractivity contribution in [2.24, 2.45) is 0 Å². The van der Waals surface area contributed by atoms with E-state index in [9.17, 15) is 17.2 Å². The highest BCUT2D eigenvalue weighted by molar-refractivity contribution is 7.90. The van der Waals surface area contributed by atoms with Gasteiger partial charge >= 0.3 is 0 Å². The number of hydrogen-bond donors (Lipinski definition) is 1. The van der Waals surface area contributed by atoms with E-state index >= 15 is 0 Å². The van der Waals surface area contributed by atoms with Gasteiger partial charge in [0.05, 0.1) is 0 Å². The van der Waals surface area contributed by atoms with Crippen molar-refractivity contribution < 1.29 is 17.2 Å². The van der Waals surface area contributed by atoms with Crippen molar-refractivity contribution >= 4 is 9.84 Å². The lowest BCUT2D eigenvalue weighted by Crippen LogP contribution is -2.29. The molecule has 1 aliphatic rings. The van der Waals surface area contributed by atoms with Crippen molar-refractivity contribution in [3.63, 3.8) is 0 Å². The monoisotopic (exact) mass is 275 g/mol. The molecule has 1 atom stereocenters. The number of nitrogens with one attached hydrogen (secondary N) is 1. The Kier molecular flexibility index (Phi) is 3.68. The molecule has 1 fully saturated rings. The van der Waals surface area contributed by atoms with E-state index in [4.69, 9.17) is 0 Å². The van der Waals surface area contributed by atoms with E-state index in [1.807, 2.05) is 0 Å². The first-order valence-electron chi connectivity index (χ1n) is 5.80. The van der Waals surface area contributed by atoms with Gasteiger partial charge in [0.1, 0.15) is 16.5 Å². The van der Waals surface area contributed by atoms with Crippen molar-refractivity contribution in [2.75, 3.05) is 19.3 Å². The van der Waals surface area contributed by atoms with Gasteiger partial charge < -0.3 is 5.32 Å². The molecule has 2 rings (SSSR count). The lowest BCUT2D eigenvalue weighted by atomic mass is 9.91. The van der Waals surface area contributed by atoms with Crippen LogP contribution in [0.3, 0.4) is 0 Å². The SMILES string of the molecule is CS(=O)(=O)c1ccc(F)c(C2CCCNC2)c1F. The minimum absolute atomic E-state index is 0.106. The van der Waals surface area contributed by atoms with Crippen LogP contribution in [0.1, 0.15) is 24.3 Å². The van der Waals surface area contributed by atoms with Gasteiger partial charge in [-0.15, -0.1) is 0 Å². The highest BCUT2D eigenvalue weighted by Crippen LogP contribution is 2.31. The molecule has 1 N–H and O–H groups in total. The third-order valence-corrected chi connectivity index (χ3v) is 4.31. The van der Waals surface area contributed by atoms with E-state index in [0.717, 1.165) is 31.4 Å². The molecule has 0 aliphatic carbocycles. The van der Waals surface area contributed by atoms with Crippen LogP contribution in [0.15, 0.2) is 17.0 Å². The second kappa shape index (κ2) is 4.93. The predicted octanol–water partition coefficient (Wildman–Crippen LogP) is 1.84. The molecule has 3 nitrogen and oxygen atoms in total. The minimum atomic E-state index is -3.67. The van der Waals surface area contributed by atoms with Gasteiger partial charge in [-0.1, -0.05) is 0 Å². The minimum Gasteiger partial charge on any atom is -0.316 e. The highest BCUT2D eigenvalue weighted by atomic mass is 32.2. The lowest BCUT2D eigenvalue weighted by molar-refractivity contribution is 0.423. The molecule has 0 radical (unpaired) electrons. The van der Waals surface area contributed by atoms with Gasteiger partial charge in [0.15, 0.2) is 9.84 Å². The molecule has 1 heterocycles. The standard InChI is InChI=1S/C12H15F2NO2S/c1-18(16,17)10-5-4-9(13)11(12(10)14)8-3-2-6-15-7-8/h4-5,8,15H,2-3,6-7H2,1H3. The Morgan fingerprint density at radius 2 is 2.06 bits per heavy atom. The van der Waals surface area contributed by atoms with Gasteiger partial charge in [0.25, 0.3) is 0 Å². The molecule has 18 heavy (non-hydrogen) atoms. The van der Waals surface area contributed by atoms with Crippen LogP contribution in [-0.4, -0.2) is 27.8 Å². The summed E-state index contributed by atoms with van der Waals surface area (Å²) in [6.45, 7) is 1.30. The zero-order valence-electron chi connectivity index (χ0n) is 10.0. The molecule has 0 amide bonds. The van der Waals surface area contributed by atoms with Crippen LogP contribution in [-0.2, 0) is 9.84 Å². The van der Waals surface area contributed by atoms with Crippen LogP contribution in [0, 0.1) is 11.6 Å². The average Bonchev–Trinajstić information content (AvgIpc) is 2.28. The Labute approximate surface area is 105 Å². The van der Waals surface area contributed by atoms with E-state index in [1.54, 1.807) is 0 Å². The summed E-state index contributed by atoms with van der Waals surface area (Å²) < 4.78 is 50.8. The van der Waals surface area contributed by atoms with Crippen LogP contribution in [0.4, 0.5) is 8.78 Å². The Balaban J connectivity index is 2.52. The summed E-state index contributed by atoms with van der Waals surface area (Å²) in [6.07, 6.45) is 2.41. The zero-order chi connectivity index (χ0) is 13.3. The summed E-state index contributed by atoms with van der Waals surface area (Å²) in [6, 6.07) is 2.02. The topological polar surface area (TPSA) is 46.2 Å². The van der Waals surface area contributed by atoms with Crippen molar-refractivity contribution in [1.82, 2.24) is 5.32 Å². The average molecular weight is 275 g/mol. The first kappa shape index (κ1) is 13.4. The first-order chi connectivity index (χ1) is 8.41. The molecule has 1 aromatic rings. The van der Waals surface area contributed by atoms with Crippen molar-refractivity contribution in [3.05, 3.63) is 29.3 Å². The van der Waals surface area contributed by atoms with Crippen molar-refractivity contribution in [2.45, 2.75) is 23.7 Å². The zero-order valence-corrected chi connectivity index (χ0v) is 10.9. The smallest absolute Gasteiger partial charge is 0.178 e. The van der Waals surface area contributed by atoms with E-state index < -0.39 is 26.4 Å². The van der Waals surface area contributed by atoms with Gasteiger partial charge in [-0.2, -0.15) is 0 Å². The second-order valence-electron chi connectivity index (χ2n) is 4.59. The van der Waals surface area contributed by atoms with Crippen LogP contribution >= 0.6 is 0 Å². The molecule has 100 valence electrons. The fourth-order valence-electron chi connectivity index (χ4n) is 2.31. The van der Waals surface area contributed by atoms with Gasteiger partial charge in [-0.25, -0.2) is 17.2 Å². The summed E-state index contributed by atoms with van der Waals surface area (Å²) in [4.78, 5) is -0.426. The summed E-state index contributed by atoms with van der Waals surface area (Å²) in [7, 11) is -3.67. The molecule has 6 heteroatoms.